The Morgan fingerprint density at radius 2 is 1.79 bits per heavy atom. The molecule has 0 bridgehead atoms. The van der Waals surface area contributed by atoms with Crippen LogP contribution in [-0.2, 0) is 9.59 Å². The summed E-state index contributed by atoms with van der Waals surface area (Å²) < 4.78 is 0. The monoisotopic (exact) mass is 344 g/mol. The largest absolute Gasteiger partial charge is 0.369 e. The van der Waals surface area contributed by atoms with Crippen LogP contribution in [-0.4, -0.2) is 24.1 Å². The van der Waals surface area contributed by atoms with Crippen LogP contribution in [0.1, 0.15) is 18.5 Å². The van der Waals surface area contributed by atoms with Crippen LogP contribution in [0.3, 0.4) is 0 Å². The molecule has 24 heavy (non-hydrogen) atoms. The Morgan fingerprint density at radius 1 is 1.12 bits per heavy atom. The summed E-state index contributed by atoms with van der Waals surface area (Å²) in [6, 6.07) is 17.7. The van der Waals surface area contributed by atoms with Gasteiger partial charge in [-0.3, -0.25) is 9.59 Å². The molecular formula is C18H22N3O2S+. The molecule has 0 radical (unpaired) electrons. The van der Waals surface area contributed by atoms with Crippen molar-refractivity contribution >= 4 is 29.3 Å². The van der Waals surface area contributed by atoms with Crippen molar-refractivity contribution in [3.05, 3.63) is 60.2 Å². The lowest BCUT2D eigenvalue weighted by Crippen LogP contribution is -2.86. The van der Waals surface area contributed by atoms with E-state index in [9.17, 15) is 9.59 Å². The van der Waals surface area contributed by atoms with Crippen molar-refractivity contribution in [3.63, 3.8) is 0 Å². The molecule has 0 saturated heterocycles. The summed E-state index contributed by atoms with van der Waals surface area (Å²) in [6.07, 6.45) is 0. The van der Waals surface area contributed by atoms with Crippen LogP contribution < -0.4 is 16.4 Å². The molecule has 0 fully saturated rings. The van der Waals surface area contributed by atoms with Crippen LogP contribution in [0.2, 0.25) is 0 Å². The molecule has 6 heteroatoms. The van der Waals surface area contributed by atoms with Gasteiger partial charge < -0.3 is 16.4 Å². The van der Waals surface area contributed by atoms with E-state index in [1.165, 1.54) is 17.3 Å². The average Bonchev–Trinajstić information content (AvgIpc) is 2.59. The van der Waals surface area contributed by atoms with Crippen molar-refractivity contribution in [2.24, 2.45) is 5.73 Å². The number of hydrogen-bond donors (Lipinski definition) is 3. The van der Waals surface area contributed by atoms with Gasteiger partial charge in [-0.2, -0.15) is 0 Å². The molecule has 0 saturated carbocycles. The maximum absolute atomic E-state index is 12.2. The lowest BCUT2D eigenvalue weighted by atomic mass is 10.1. The topological polar surface area (TPSA) is 88.8 Å². The first-order valence-electron chi connectivity index (χ1n) is 7.74. The van der Waals surface area contributed by atoms with Gasteiger partial charge in [0, 0.05) is 10.5 Å². The predicted molar refractivity (Wildman–Crippen MR) is 96.6 cm³/mol. The molecule has 2 amide bonds. The van der Waals surface area contributed by atoms with E-state index in [0.29, 0.717) is 12.2 Å². The van der Waals surface area contributed by atoms with Gasteiger partial charge in [0.2, 0.25) is 5.91 Å². The van der Waals surface area contributed by atoms with Crippen molar-refractivity contribution in [1.29, 1.82) is 0 Å². The van der Waals surface area contributed by atoms with E-state index in [4.69, 9.17) is 5.73 Å². The minimum atomic E-state index is -0.383. The van der Waals surface area contributed by atoms with Crippen molar-refractivity contribution in [1.82, 2.24) is 0 Å². The second-order valence-electron chi connectivity index (χ2n) is 5.44. The number of quaternary nitrogens is 1. The summed E-state index contributed by atoms with van der Waals surface area (Å²) in [5, 5.41) is 4.89. The van der Waals surface area contributed by atoms with Gasteiger partial charge in [0.1, 0.15) is 6.04 Å². The second-order valence-corrected chi connectivity index (χ2v) is 6.46. The Bertz CT molecular complexity index is 692. The molecule has 2 rings (SSSR count). The lowest BCUT2D eigenvalue weighted by Gasteiger charge is -2.12. The number of nitrogens with one attached hydrogen (secondary N) is 1. The van der Waals surface area contributed by atoms with Gasteiger partial charge in [-0.25, -0.2) is 0 Å². The van der Waals surface area contributed by atoms with Crippen LogP contribution in [0.5, 0.6) is 0 Å². The smallest absolute Gasteiger partial charge is 0.279 e. The molecular weight excluding hydrogens is 322 g/mol. The van der Waals surface area contributed by atoms with Crippen LogP contribution in [0.4, 0.5) is 5.69 Å². The third-order valence-corrected chi connectivity index (χ3v) is 4.61. The number of amides is 2. The SMILES string of the molecule is C[C@H]([NH2+]CC(=O)Nc1ccccc1SCC(N)=O)c1ccccc1. The van der Waals surface area contributed by atoms with Crippen LogP contribution in [0.15, 0.2) is 59.5 Å². The zero-order valence-corrected chi connectivity index (χ0v) is 14.4. The molecule has 2 aromatic rings. The van der Waals surface area contributed by atoms with Crippen LogP contribution in [0.25, 0.3) is 0 Å². The molecule has 0 aromatic heterocycles. The second kappa shape index (κ2) is 9.10. The van der Waals surface area contributed by atoms with Gasteiger partial charge in [0.05, 0.1) is 11.4 Å². The summed E-state index contributed by atoms with van der Waals surface area (Å²) in [4.78, 5) is 24.0. The molecule has 0 aliphatic carbocycles. The third-order valence-electron chi connectivity index (χ3n) is 3.51. The highest BCUT2D eigenvalue weighted by Crippen LogP contribution is 2.26. The van der Waals surface area contributed by atoms with E-state index in [1.54, 1.807) is 0 Å². The van der Waals surface area contributed by atoms with Gasteiger partial charge in [0.25, 0.3) is 5.91 Å². The number of nitrogens with two attached hydrogens (primary N) is 2. The van der Waals surface area contributed by atoms with Crippen LogP contribution >= 0.6 is 11.8 Å². The Labute approximate surface area is 146 Å². The van der Waals surface area contributed by atoms with Gasteiger partial charge >= 0.3 is 0 Å². The summed E-state index contributed by atoms with van der Waals surface area (Å²) in [7, 11) is 0. The van der Waals surface area contributed by atoms with Crippen molar-refractivity contribution < 1.29 is 14.9 Å². The molecule has 0 heterocycles. The zero-order chi connectivity index (χ0) is 17.4. The summed E-state index contributed by atoms with van der Waals surface area (Å²) in [6.45, 7) is 2.39. The molecule has 1 atom stereocenters. The van der Waals surface area contributed by atoms with Gasteiger partial charge in [-0.1, -0.05) is 42.5 Å². The fourth-order valence-corrected chi connectivity index (χ4v) is 2.97. The molecule has 126 valence electrons. The van der Waals surface area contributed by atoms with Crippen molar-refractivity contribution in [2.45, 2.75) is 17.9 Å². The number of para-hydroxylation sites is 1. The Hall–Kier alpha value is -2.31. The quantitative estimate of drug-likeness (QED) is 0.635. The molecule has 0 aliphatic rings. The van der Waals surface area contributed by atoms with Crippen molar-refractivity contribution in [2.75, 3.05) is 17.6 Å². The number of primary amides is 1. The van der Waals surface area contributed by atoms with Gasteiger partial charge in [0.15, 0.2) is 6.54 Å². The Kier molecular flexibility index (Phi) is 6.84. The molecule has 5 N–H and O–H groups in total. The van der Waals surface area contributed by atoms with Crippen molar-refractivity contribution in [3.8, 4) is 0 Å². The summed E-state index contributed by atoms with van der Waals surface area (Å²) >= 11 is 1.32. The van der Waals surface area contributed by atoms with E-state index < -0.39 is 0 Å². The molecule has 0 unspecified atom stereocenters. The number of anilines is 1. The highest BCUT2D eigenvalue weighted by Gasteiger charge is 2.13. The number of carbonyl (C=O) groups excluding carboxylic acids is 2. The summed E-state index contributed by atoms with van der Waals surface area (Å²) in [5.41, 5.74) is 7.06. The highest BCUT2D eigenvalue weighted by atomic mass is 32.2. The van der Waals surface area contributed by atoms with Gasteiger partial charge in [-0.15, -0.1) is 11.8 Å². The minimum absolute atomic E-state index is 0.0788. The van der Waals surface area contributed by atoms with E-state index in [-0.39, 0.29) is 23.6 Å². The number of rotatable bonds is 8. The van der Waals surface area contributed by atoms with Crippen LogP contribution in [0, 0.1) is 0 Å². The number of thioether (sulfide) groups is 1. The highest BCUT2D eigenvalue weighted by molar-refractivity contribution is 8.00. The first-order valence-corrected chi connectivity index (χ1v) is 8.73. The minimum Gasteiger partial charge on any atom is -0.369 e. The lowest BCUT2D eigenvalue weighted by molar-refractivity contribution is -0.682. The molecule has 0 spiro atoms. The van der Waals surface area contributed by atoms with Gasteiger partial charge in [-0.05, 0) is 19.1 Å². The zero-order valence-electron chi connectivity index (χ0n) is 13.6. The summed E-state index contributed by atoms with van der Waals surface area (Å²) in [5.74, 6) is -0.277. The Balaban J connectivity index is 1.89. The number of benzene rings is 2. The first-order chi connectivity index (χ1) is 11.6. The Morgan fingerprint density at radius 3 is 2.50 bits per heavy atom. The predicted octanol–water partition coefficient (Wildman–Crippen LogP) is 1.53. The van der Waals surface area contributed by atoms with E-state index >= 15 is 0 Å². The first kappa shape index (κ1) is 18.0. The number of hydrogen-bond acceptors (Lipinski definition) is 3. The fourth-order valence-electron chi connectivity index (χ4n) is 2.22. The molecule has 5 nitrogen and oxygen atoms in total. The maximum atomic E-state index is 12.2. The maximum Gasteiger partial charge on any atom is 0.279 e. The standard InChI is InChI=1S/C18H21N3O2S/c1-13(14-7-3-2-4-8-14)20-11-18(23)21-15-9-5-6-10-16(15)24-12-17(19)22/h2-10,13,20H,11-12H2,1H3,(H2,19,22)(H,21,23)/p+1/t13-/m0/s1. The third kappa shape index (κ3) is 5.72. The fraction of sp³-hybridized carbons (Fsp3) is 0.222. The molecule has 0 aliphatic heterocycles. The number of carbonyl (C=O) groups is 2. The molecule has 2 aromatic carbocycles. The van der Waals surface area contributed by atoms with E-state index in [2.05, 4.69) is 24.4 Å². The van der Waals surface area contributed by atoms with E-state index in [1.807, 2.05) is 47.8 Å². The normalized spacial score (nSPS) is 11.7. The van der Waals surface area contributed by atoms with E-state index in [0.717, 1.165) is 4.90 Å². The average molecular weight is 344 g/mol.